The average molecular weight is 224 g/mol. The van der Waals surface area contributed by atoms with E-state index in [1.54, 1.807) is 0 Å². The lowest BCUT2D eigenvalue weighted by Crippen LogP contribution is -2.24. The van der Waals surface area contributed by atoms with Gasteiger partial charge in [-0.1, -0.05) is 0 Å². The highest BCUT2D eigenvalue weighted by Gasteiger charge is 2.07. The first kappa shape index (κ1) is 11.4. The van der Waals surface area contributed by atoms with Crippen LogP contribution in [0.4, 0.5) is 10.5 Å². The van der Waals surface area contributed by atoms with Crippen molar-refractivity contribution in [1.29, 1.82) is 0 Å². The highest BCUT2D eigenvalue weighted by Crippen LogP contribution is 2.20. The van der Waals surface area contributed by atoms with Crippen molar-refractivity contribution in [3.05, 3.63) is 33.9 Å². The number of hydrogen-bond donors (Lipinski definition) is 3. The molecule has 0 atom stereocenters. The largest absolute Gasteiger partial charge is 0.508 e. The maximum atomic E-state index is 10.4. The van der Waals surface area contributed by atoms with Gasteiger partial charge in [-0.2, -0.15) is 5.10 Å². The molecule has 16 heavy (non-hydrogen) atoms. The molecule has 8 nitrogen and oxygen atoms in total. The number of nitrogens with zero attached hydrogens (tertiary/aromatic N) is 2. The standard InChI is InChI=1S/C8H8N4O4/c9-8(14)11-10-4-5-1-6(12(15)16)3-7(13)2-5/h1-4,13H,(H3,9,11,14). The lowest BCUT2D eigenvalue weighted by Gasteiger charge is -1.97. The summed E-state index contributed by atoms with van der Waals surface area (Å²) in [5.74, 6) is -0.269. The molecule has 2 amide bonds. The highest BCUT2D eigenvalue weighted by atomic mass is 16.6. The predicted octanol–water partition coefficient (Wildman–Crippen LogP) is 0.303. The number of rotatable bonds is 3. The summed E-state index contributed by atoms with van der Waals surface area (Å²) in [6.45, 7) is 0. The fourth-order valence-electron chi connectivity index (χ4n) is 0.968. The van der Waals surface area contributed by atoms with Crippen LogP contribution in [0.25, 0.3) is 0 Å². The zero-order valence-electron chi connectivity index (χ0n) is 7.95. The number of amides is 2. The van der Waals surface area contributed by atoms with Crippen LogP contribution in [0.15, 0.2) is 23.3 Å². The van der Waals surface area contributed by atoms with Gasteiger partial charge in [0.1, 0.15) is 5.75 Å². The van der Waals surface area contributed by atoms with Gasteiger partial charge in [0, 0.05) is 11.6 Å². The Hall–Kier alpha value is -2.64. The number of hydrogen-bond acceptors (Lipinski definition) is 5. The van der Waals surface area contributed by atoms with Crippen molar-refractivity contribution >= 4 is 17.9 Å². The number of phenolic OH excluding ortho intramolecular Hbond substituents is 1. The number of aromatic hydroxyl groups is 1. The van der Waals surface area contributed by atoms with E-state index in [4.69, 9.17) is 5.73 Å². The fraction of sp³-hybridized carbons (Fsp3) is 0. The third-order valence-electron chi connectivity index (χ3n) is 1.52. The molecule has 8 heteroatoms. The van der Waals surface area contributed by atoms with E-state index in [2.05, 4.69) is 5.10 Å². The van der Waals surface area contributed by atoms with Crippen LogP contribution in [0.1, 0.15) is 5.56 Å². The van der Waals surface area contributed by atoms with Crippen molar-refractivity contribution < 1.29 is 14.8 Å². The second kappa shape index (κ2) is 4.73. The van der Waals surface area contributed by atoms with Gasteiger partial charge in [0.2, 0.25) is 0 Å². The Balaban J connectivity index is 2.92. The number of nitro benzene ring substituents is 1. The topological polar surface area (TPSA) is 131 Å². The zero-order valence-corrected chi connectivity index (χ0v) is 7.95. The van der Waals surface area contributed by atoms with Crippen molar-refractivity contribution in [3.63, 3.8) is 0 Å². The Morgan fingerprint density at radius 3 is 2.81 bits per heavy atom. The summed E-state index contributed by atoms with van der Waals surface area (Å²) >= 11 is 0. The van der Waals surface area contributed by atoms with Gasteiger partial charge in [0.25, 0.3) is 5.69 Å². The van der Waals surface area contributed by atoms with Gasteiger partial charge in [-0.05, 0) is 6.07 Å². The van der Waals surface area contributed by atoms with Crippen LogP contribution in [0, 0.1) is 10.1 Å². The molecular weight excluding hydrogens is 216 g/mol. The normalized spacial score (nSPS) is 10.2. The third kappa shape index (κ3) is 3.25. The van der Waals surface area contributed by atoms with Gasteiger partial charge in [0.05, 0.1) is 17.2 Å². The third-order valence-corrected chi connectivity index (χ3v) is 1.52. The van der Waals surface area contributed by atoms with Gasteiger partial charge in [-0.25, -0.2) is 10.2 Å². The van der Waals surface area contributed by atoms with Crippen LogP contribution < -0.4 is 11.2 Å². The number of urea groups is 1. The van der Waals surface area contributed by atoms with Gasteiger partial charge < -0.3 is 10.8 Å². The van der Waals surface area contributed by atoms with E-state index in [0.717, 1.165) is 12.3 Å². The number of nitrogens with two attached hydrogens (primary N) is 1. The average Bonchev–Trinajstić information content (AvgIpc) is 2.16. The monoisotopic (exact) mass is 224 g/mol. The van der Waals surface area contributed by atoms with E-state index in [0.29, 0.717) is 0 Å². The van der Waals surface area contributed by atoms with Crippen molar-refractivity contribution in [2.24, 2.45) is 10.8 Å². The number of hydrazone groups is 1. The molecule has 0 radical (unpaired) electrons. The number of benzene rings is 1. The molecule has 0 heterocycles. The van der Waals surface area contributed by atoms with E-state index in [9.17, 15) is 20.0 Å². The van der Waals surface area contributed by atoms with Crippen LogP contribution in [0.2, 0.25) is 0 Å². The van der Waals surface area contributed by atoms with Gasteiger partial charge in [-0.3, -0.25) is 10.1 Å². The number of non-ortho nitro benzene ring substituents is 1. The summed E-state index contributed by atoms with van der Waals surface area (Å²) in [5, 5.41) is 23.0. The summed E-state index contributed by atoms with van der Waals surface area (Å²) < 4.78 is 0. The molecule has 0 fully saturated rings. The van der Waals surface area contributed by atoms with Crippen LogP contribution in [0.3, 0.4) is 0 Å². The Labute approximate surface area is 89.5 Å². The minimum absolute atomic E-state index is 0.264. The maximum absolute atomic E-state index is 10.4. The predicted molar refractivity (Wildman–Crippen MR) is 55.1 cm³/mol. The second-order valence-corrected chi connectivity index (χ2v) is 2.77. The number of nitro groups is 1. The number of nitrogens with one attached hydrogen (secondary N) is 1. The molecule has 4 N–H and O–H groups in total. The summed E-state index contributed by atoms with van der Waals surface area (Å²) in [4.78, 5) is 20.1. The van der Waals surface area contributed by atoms with Gasteiger partial charge >= 0.3 is 6.03 Å². The first-order valence-electron chi connectivity index (χ1n) is 4.06. The van der Waals surface area contributed by atoms with Gasteiger partial charge in [0.15, 0.2) is 0 Å². The zero-order chi connectivity index (χ0) is 12.1. The Kier molecular flexibility index (Phi) is 3.38. The molecule has 0 spiro atoms. The van der Waals surface area contributed by atoms with Crippen LogP contribution in [-0.4, -0.2) is 22.3 Å². The molecule has 84 valence electrons. The van der Waals surface area contributed by atoms with E-state index in [1.165, 1.54) is 12.1 Å². The molecule has 1 aromatic carbocycles. The SMILES string of the molecule is NC(=O)NN=Cc1cc(O)cc([N+](=O)[O-])c1. The molecule has 0 saturated carbocycles. The summed E-state index contributed by atoms with van der Waals surface area (Å²) in [7, 11) is 0. The minimum Gasteiger partial charge on any atom is -0.508 e. The molecule has 0 aliphatic heterocycles. The Morgan fingerprint density at radius 2 is 2.25 bits per heavy atom. The van der Waals surface area contributed by atoms with E-state index >= 15 is 0 Å². The second-order valence-electron chi connectivity index (χ2n) is 2.77. The quantitative estimate of drug-likeness (QED) is 0.387. The molecule has 1 rings (SSSR count). The number of primary amides is 1. The van der Waals surface area contributed by atoms with Crippen LogP contribution >= 0.6 is 0 Å². The molecular formula is C8H8N4O4. The van der Waals surface area contributed by atoms with E-state index in [-0.39, 0.29) is 17.0 Å². The molecule has 0 bridgehead atoms. The molecule has 0 saturated heterocycles. The van der Waals surface area contributed by atoms with Crippen molar-refractivity contribution in [3.8, 4) is 5.75 Å². The molecule has 0 aliphatic rings. The minimum atomic E-state index is -0.856. The van der Waals surface area contributed by atoms with Crippen LogP contribution in [-0.2, 0) is 0 Å². The number of carbonyl (C=O) groups is 1. The molecule has 0 aromatic heterocycles. The molecule has 0 unspecified atom stereocenters. The number of carbonyl (C=O) groups excluding carboxylic acids is 1. The van der Waals surface area contributed by atoms with E-state index in [1.807, 2.05) is 5.43 Å². The summed E-state index contributed by atoms with van der Waals surface area (Å²) in [6.07, 6.45) is 1.12. The first-order valence-corrected chi connectivity index (χ1v) is 4.06. The van der Waals surface area contributed by atoms with Crippen LogP contribution in [0.5, 0.6) is 5.75 Å². The Bertz CT molecular complexity index is 457. The first-order chi connectivity index (χ1) is 7.49. The van der Waals surface area contributed by atoms with Crippen molar-refractivity contribution in [1.82, 2.24) is 5.43 Å². The molecule has 0 aliphatic carbocycles. The van der Waals surface area contributed by atoms with Crippen molar-refractivity contribution in [2.45, 2.75) is 0 Å². The number of phenols is 1. The highest BCUT2D eigenvalue weighted by molar-refractivity contribution is 5.83. The lowest BCUT2D eigenvalue weighted by molar-refractivity contribution is -0.384. The van der Waals surface area contributed by atoms with Gasteiger partial charge in [-0.15, -0.1) is 0 Å². The fourth-order valence-corrected chi connectivity index (χ4v) is 0.968. The summed E-state index contributed by atoms with van der Waals surface area (Å²) in [6, 6.07) is 2.58. The maximum Gasteiger partial charge on any atom is 0.332 e. The lowest BCUT2D eigenvalue weighted by atomic mass is 10.2. The van der Waals surface area contributed by atoms with E-state index < -0.39 is 11.0 Å². The van der Waals surface area contributed by atoms with Crippen molar-refractivity contribution in [2.75, 3.05) is 0 Å². The Morgan fingerprint density at radius 1 is 1.56 bits per heavy atom. The smallest absolute Gasteiger partial charge is 0.332 e. The molecule has 1 aromatic rings. The summed E-state index contributed by atoms with van der Waals surface area (Å²) in [5.41, 5.74) is 6.65.